The first-order chi connectivity index (χ1) is 13.7. The highest BCUT2D eigenvalue weighted by molar-refractivity contribution is 6.04. The summed E-state index contributed by atoms with van der Waals surface area (Å²) in [4.78, 5) is 12.5. The van der Waals surface area contributed by atoms with E-state index in [1.807, 2.05) is 31.2 Å². The number of fused-ring (bicyclic) bond motifs is 1. The Labute approximate surface area is 160 Å². The first kappa shape index (κ1) is 17.6. The molecule has 1 amide bonds. The summed E-state index contributed by atoms with van der Waals surface area (Å²) in [5.41, 5.74) is 1.21. The van der Waals surface area contributed by atoms with Gasteiger partial charge in [-0.25, -0.2) is 0 Å². The molecule has 0 fully saturated rings. The van der Waals surface area contributed by atoms with Crippen molar-refractivity contribution in [3.05, 3.63) is 54.3 Å². The maximum Gasteiger partial charge on any atom is 0.322 e. The number of ether oxygens (including phenoxy) is 2. The molecule has 4 aromatic rings. The van der Waals surface area contributed by atoms with Crippen LogP contribution < -0.4 is 14.8 Å². The van der Waals surface area contributed by atoms with E-state index in [1.165, 1.54) is 7.11 Å². The quantitative estimate of drug-likeness (QED) is 0.537. The van der Waals surface area contributed by atoms with Crippen LogP contribution in [0.4, 0.5) is 6.01 Å². The van der Waals surface area contributed by atoms with Gasteiger partial charge in [-0.05, 0) is 43.3 Å². The highest BCUT2D eigenvalue weighted by Gasteiger charge is 2.18. The monoisotopic (exact) mass is 379 g/mol. The van der Waals surface area contributed by atoms with E-state index in [4.69, 9.17) is 18.3 Å². The van der Waals surface area contributed by atoms with Gasteiger partial charge in [0.25, 0.3) is 5.91 Å². The molecule has 142 valence electrons. The van der Waals surface area contributed by atoms with Crippen molar-refractivity contribution in [2.75, 3.05) is 19.0 Å². The zero-order chi connectivity index (χ0) is 19.5. The summed E-state index contributed by atoms with van der Waals surface area (Å²) >= 11 is 0. The van der Waals surface area contributed by atoms with E-state index >= 15 is 0 Å². The van der Waals surface area contributed by atoms with Crippen molar-refractivity contribution in [2.45, 2.75) is 6.92 Å². The molecular weight excluding hydrogens is 362 g/mol. The number of furan rings is 1. The van der Waals surface area contributed by atoms with Gasteiger partial charge in [-0.3, -0.25) is 10.1 Å². The smallest absolute Gasteiger partial charge is 0.322 e. The number of hydrogen-bond donors (Lipinski definition) is 1. The predicted molar refractivity (Wildman–Crippen MR) is 102 cm³/mol. The lowest BCUT2D eigenvalue weighted by Crippen LogP contribution is -2.10. The van der Waals surface area contributed by atoms with E-state index < -0.39 is 5.91 Å². The average Bonchev–Trinajstić information content (AvgIpc) is 3.35. The number of amides is 1. The van der Waals surface area contributed by atoms with E-state index in [0.717, 1.165) is 11.1 Å². The molecule has 28 heavy (non-hydrogen) atoms. The Bertz CT molecular complexity index is 1110. The summed E-state index contributed by atoms with van der Waals surface area (Å²) < 4.78 is 21.8. The lowest BCUT2D eigenvalue weighted by atomic mass is 10.2. The second kappa shape index (κ2) is 7.43. The summed E-state index contributed by atoms with van der Waals surface area (Å²) in [6.07, 6.45) is 0. The molecule has 4 rings (SSSR count). The van der Waals surface area contributed by atoms with E-state index in [1.54, 1.807) is 24.3 Å². The third-order valence-electron chi connectivity index (χ3n) is 4.01. The number of nitrogens with one attached hydrogen (secondary N) is 1. The van der Waals surface area contributed by atoms with Crippen molar-refractivity contribution in [1.29, 1.82) is 0 Å². The first-order valence-electron chi connectivity index (χ1n) is 8.62. The molecule has 2 aromatic heterocycles. The Kier molecular flexibility index (Phi) is 4.67. The van der Waals surface area contributed by atoms with Gasteiger partial charge in [0.2, 0.25) is 5.89 Å². The second-order valence-electron chi connectivity index (χ2n) is 5.81. The largest absolute Gasteiger partial charge is 0.494 e. The molecule has 1 N–H and O–H groups in total. The number of nitrogens with zero attached hydrogens (tertiary/aromatic N) is 2. The summed E-state index contributed by atoms with van der Waals surface area (Å²) in [6.45, 7) is 2.50. The van der Waals surface area contributed by atoms with Crippen molar-refractivity contribution in [3.8, 4) is 23.0 Å². The fourth-order valence-corrected chi connectivity index (χ4v) is 2.72. The van der Waals surface area contributed by atoms with Gasteiger partial charge < -0.3 is 18.3 Å². The summed E-state index contributed by atoms with van der Waals surface area (Å²) in [5, 5.41) is 11.1. The number of benzene rings is 2. The van der Waals surface area contributed by atoms with Gasteiger partial charge >= 0.3 is 6.01 Å². The zero-order valence-corrected chi connectivity index (χ0v) is 15.3. The van der Waals surface area contributed by atoms with Gasteiger partial charge in [0, 0.05) is 10.9 Å². The van der Waals surface area contributed by atoms with Gasteiger partial charge in [0.1, 0.15) is 5.75 Å². The number of para-hydroxylation sites is 1. The molecule has 0 unspecified atom stereocenters. The molecule has 8 nitrogen and oxygen atoms in total. The van der Waals surface area contributed by atoms with Crippen LogP contribution in [0.25, 0.3) is 22.4 Å². The average molecular weight is 379 g/mol. The fraction of sp³-hybridized carbons (Fsp3) is 0.150. The van der Waals surface area contributed by atoms with Crippen LogP contribution in [0.3, 0.4) is 0 Å². The van der Waals surface area contributed by atoms with Crippen molar-refractivity contribution in [1.82, 2.24) is 10.2 Å². The third-order valence-corrected chi connectivity index (χ3v) is 4.01. The Hall–Kier alpha value is -3.81. The van der Waals surface area contributed by atoms with Crippen molar-refractivity contribution < 1.29 is 23.1 Å². The van der Waals surface area contributed by atoms with E-state index in [-0.39, 0.29) is 17.7 Å². The van der Waals surface area contributed by atoms with Crippen LogP contribution in [0.15, 0.2) is 57.4 Å². The second-order valence-corrected chi connectivity index (χ2v) is 5.81. The normalized spacial score (nSPS) is 10.8. The predicted octanol–water partition coefficient (Wildman–Crippen LogP) is 4.14. The molecule has 0 saturated heterocycles. The number of carbonyl (C=O) groups excluding carboxylic acids is 1. The lowest BCUT2D eigenvalue weighted by Gasteiger charge is -2.02. The van der Waals surface area contributed by atoms with Gasteiger partial charge in [-0.1, -0.05) is 17.2 Å². The van der Waals surface area contributed by atoms with Crippen LogP contribution in [-0.4, -0.2) is 29.8 Å². The fourth-order valence-electron chi connectivity index (χ4n) is 2.72. The number of hydrogen-bond acceptors (Lipinski definition) is 7. The zero-order valence-electron chi connectivity index (χ0n) is 15.3. The van der Waals surface area contributed by atoms with E-state index in [9.17, 15) is 4.79 Å². The third kappa shape index (κ3) is 3.39. The standard InChI is InChI=1S/C20H17N3O5/c1-3-26-14-9-7-12(8-10-14)19-22-23-20(28-19)21-18(24)16-11-13-5-4-6-15(25-2)17(13)27-16/h4-11H,3H2,1-2H3,(H,21,23,24). The Morgan fingerprint density at radius 3 is 2.68 bits per heavy atom. The molecule has 0 aliphatic heterocycles. The lowest BCUT2D eigenvalue weighted by molar-refractivity contribution is 0.0995. The van der Waals surface area contributed by atoms with Crippen LogP contribution in [0.1, 0.15) is 17.5 Å². The Balaban J connectivity index is 1.51. The molecular formula is C20H17N3O5. The minimum atomic E-state index is -0.500. The minimum absolute atomic E-state index is 0.0266. The highest BCUT2D eigenvalue weighted by atomic mass is 16.5. The van der Waals surface area contributed by atoms with Crippen LogP contribution in [-0.2, 0) is 0 Å². The van der Waals surface area contributed by atoms with E-state index in [2.05, 4.69) is 15.5 Å². The van der Waals surface area contributed by atoms with Gasteiger partial charge in [0.15, 0.2) is 17.1 Å². The topological polar surface area (TPSA) is 99.6 Å². The summed E-state index contributed by atoms with van der Waals surface area (Å²) in [5.74, 6) is 1.19. The SMILES string of the molecule is CCOc1ccc(-c2nnc(NC(=O)c3cc4cccc(OC)c4o3)o2)cc1. The Morgan fingerprint density at radius 1 is 1.11 bits per heavy atom. The van der Waals surface area contributed by atoms with Gasteiger partial charge in [-0.2, -0.15) is 0 Å². The molecule has 0 bridgehead atoms. The number of methoxy groups -OCH3 is 1. The molecule has 0 radical (unpaired) electrons. The first-order valence-corrected chi connectivity index (χ1v) is 8.62. The van der Waals surface area contributed by atoms with E-state index in [0.29, 0.717) is 23.5 Å². The number of aromatic nitrogens is 2. The molecule has 0 atom stereocenters. The van der Waals surface area contributed by atoms with Gasteiger partial charge in [-0.15, -0.1) is 5.10 Å². The maximum absolute atomic E-state index is 12.5. The number of anilines is 1. The highest BCUT2D eigenvalue weighted by Crippen LogP contribution is 2.29. The molecule has 2 heterocycles. The van der Waals surface area contributed by atoms with Crippen molar-refractivity contribution >= 4 is 22.9 Å². The number of rotatable bonds is 6. The van der Waals surface area contributed by atoms with Crippen LogP contribution >= 0.6 is 0 Å². The van der Waals surface area contributed by atoms with Gasteiger partial charge in [0.05, 0.1) is 13.7 Å². The molecule has 0 aliphatic carbocycles. The minimum Gasteiger partial charge on any atom is -0.494 e. The molecule has 0 aliphatic rings. The maximum atomic E-state index is 12.5. The molecule has 8 heteroatoms. The van der Waals surface area contributed by atoms with Crippen molar-refractivity contribution in [3.63, 3.8) is 0 Å². The van der Waals surface area contributed by atoms with Crippen molar-refractivity contribution in [2.24, 2.45) is 0 Å². The number of carbonyl (C=O) groups is 1. The van der Waals surface area contributed by atoms with Crippen LogP contribution in [0.2, 0.25) is 0 Å². The molecule has 0 saturated carbocycles. The van der Waals surface area contributed by atoms with Crippen LogP contribution in [0, 0.1) is 0 Å². The molecule has 2 aromatic carbocycles. The molecule has 0 spiro atoms. The Morgan fingerprint density at radius 2 is 1.93 bits per heavy atom. The summed E-state index contributed by atoms with van der Waals surface area (Å²) in [6, 6.07) is 14.2. The summed E-state index contributed by atoms with van der Waals surface area (Å²) in [7, 11) is 1.54. The van der Waals surface area contributed by atoms with Crippen LogP contribution in [0.5, 0.6) is 11.5 Å².